The molecule has 0 radical (unpaired) electrons. The van der Waals surface area contributed by atoms with Gasteiger partial charge in [-0.3, -0.25) is 4.79 Å². The summed E-state index contributed by atoms with van der Waals surface area (Å²) in [5.74, 6) is -0.216. The van der Waals surface area contributed by atoms with Crippen molar-refractivity contribution in [1.82, 2.24) is 4.98 Å². The van der Waals surface area contributed by atoms with Crippen LogP contribution >= 0.6 is 22.9 Å². The lowest BCUT2D eigenvalue weighted by molar-refractivity contribution is -0.113. The largest absolute Gasteiger partial charge is 0.303 e. The summed E-state index contributed by atoms with van der Waals surface area (Å²) < 4.78 is 0.979. The molecule has 0 atom stereocenters. The SMILES string of the molecule is N#C/C(=C1/C(=O)N(Cc2ccccc2Cl)c2ccccc21)c1nc2ccccc2s1. The lowest BCUT2D eigenvalue weighted by Gasteiger charge is -2.18. The molecule has 0 fully saturated rings. The van der Waals surface area contributed by atoms with E-state index in [2.05, 4.69) is 11.1 Å². The Bertz CT molecular complexity index is 1350. The average Bonchev–Trinajstić information content (AvgIpc) is 3.31. The van der Waals surface area contributed by atoms with E-state index < -0.39 is 0 Å². The van der Waals surface area contributed by atoms with Crippen LogP contribution in [0.15, 0.2) is 72.8 Å². The maximum Gasteiger partial charge on any atom is 0.260 e. The van der Waals surface area contributed by atoms with E-state index in [0.29, 0.717) is 27.7 Å². The van der Waals surface area contributed by atoms with Crippen LogP contribution in [0.25, 0.3) is 21.4 Å². The number of amides is 1. The van der Waals surface area contributed by atoms with Crippen molar-refractivity contribution in [2.24, 2.45) is 0 Å². The molecule has 0 N–H and O–H groups in total. The van der Waals surface area contributed by atoms with E-state index in [1.807, 2.05) is 72.8 Å². The maximum absolute atomic E-state index is 13.5. The third kappa shape index (κ3) is 2.98. The number of hydrogen-bond acceptors (Lipinski definition) is 4. The van der Waals surface area contributed by atoms with Gasteiger partial charge in [-0.25, -0.2) is 4.98 Å². The summed E-state index contributed by atoms with van der Waals surface area (Å²) in [6.45, 7) is 0.331. The second-order valence-electron chi connectivity index (χ2n) is 6.85. The van der Waals surface area contributed by atoms with Crippen LogP contribution < -0.4 is 4.90 Å². The average molecular weight is 428 g/mol. The minimum atomic E-state index is -0.216. The molecule has 6 heteroatoms. The highest BCUT2D eigenvalue weighted by atomic mass is 35.5. The van der Waals surface area contributed by atoms with Gasteiger partial charge in [0.25, 0.3) is 5.91 Å². The second kappa shape index (κ2) is 7.42. The minimum absolute atomic E-state index is 0.216. The molecule has 3 aromatic carbocycles. The molecular weight excluding hydrogens is 414 g/mol. The molecule has 0 unspecified atom stereocenters. The van der Waals surface area contributed by atoms with Gasteiger partial charge in [-0.15, -0.1) is 11.3 Å². The Morgan fingerprint density at radius 3 is 2.57 bits per heavy atom. The molecule has 1 aliphatic heterocycles. The van der Waals surface area contributed by atoms with E-state index in [0.717, 1.165) is 27.0 Å². The first-order chi connectivity index (χ1) is 14.7. The Labute approximate surface area is 182 Å². The molecule has 4 aromatic rings. The van der Waals surface area contributed by atoms with Crippen LogP contribution in [0.5, 0.6) is 0 Å². The third-order valence-electron chi connectivity index (χ3n) is 5.08. The zero-order chi connectivity index (χ0) is 20.7. The molecule has 0 aliphatic carbocycles. The van der Waals surface area contributed by atoms with E-state index in [9.17, 15) is 10.1 Å². The first-order valence-corrected chi connectivity index (χ1v) is 10.5. The van der Waals surface area contributed by atoms with Gasteiger partial charge in [0.1, 0.15) is 16.6 Å². The van der Waals surface area contributed by atoms with Gasteiger partial charge in [-0.05, 0) is 29.8 Å². The van der Waals surface area contributed by atoms with E-state index in [4.69, 9.17) is 11.6 Å². The van der Waals surface area contributed by atoms with Gasteiger partial charge in [-0.1, -0.05) is 60.1 Å². The smallest absolute Gasteiger partial charge is 0.260 e. The van der Waals surface area contributed by atoms with Crippen molar-refractivity contribution in [3.8, 4) is 6.07 Å². The van der Waals surface area contributed by atoms with Crippen LogP contribution in [0.4, 0.5) is 5.69 Å². The maximum atomic E-state index is 13.5. The van der Waals surface area contributed by atoms with Crippen molar-refractivity contribution in [2.75, 3.05) is 4.90 Å². The molecule has 0 bridgehead atoms. The monoisotopic (exact) mass is 427 g/mol. The zero-order valence-electron chi connectivity index (χ0n) is 15.7. The number of para-hydroxylation sites is 2. The summed E-state index contributed by atoms with van der Waals surface area (Å²) in [4.78, 5) is 19.8. The van der Waals surface area contributed by atoms with Crippen LogP contribution in [-0.2, 0) is 11.3 Å². The van der Waals surface area contributed by atoms with E-state index >= 15 is 0 Å². The van der Waals surface area contributed by atoms with Crippen LogP contribution in [0.2, 0.25) is 5.02 Å². The summed E-state index contributed by atoms with van der Waals surface area (Å²) in [7, 11) is 0. The predicted octanol–water partition coefficient (Wildman–Crippen LogP) is 5.93. The molecule has 0 spiro atoms. The van der Waals surface area contributed by atoms with Crippen molar-refractivity contribution >= 4 is 55.9 Å². The number of rotatable bonds is 3. The number of nitrogens with zero attached hydrogens (tertiary/aromatic N) is 3. The quantitative estimate of drug-likeness (QED) is 0.300. The first-order valence-electron chi connectivity index (χ1n) is 9.32. The van der Waals surface area contributed by atoms with Crippen molar-refractivity contribution in [2.45, 2.75) is 6.54 Å². The number of thiazole rings is 1. The highest BCUT2D eigenvalue weighted by Crippen LogP contribution is 2.42. The Morgan fingerprint density at radius 2 is 1.77 bits per heavy atom. The van der Waals surface area contributed by atoms with Crippen LogP contribution in [0.3, 0.4) is 0 Å². The van der Waals surface area contributed by atoms with E-state index in [1.165, 1.54) is 11.3 Å². The van der Waals surface area contributed by atoms with Crippen molar-refractivity contribution in [3.63, 3.8) is 0 Å². The molecule has 5 rings (SSSR count). The van der Waals surface area contributed by atoms with Crippen molar-refractivity contribution in [3.05, 3.63) is 94.0 Å². The number of benzene rings is 3. The van der Waals surface area contributed by atoms with Gasteiger partial charge in [0.05, 0.1) is 28.0 Å². The van der Waals surface area contributed by atoms with Crippen LogP contribution in [0, 0.1) is 11.3 Å². The Balaban J connectivity index is 1.67. The number of halogens is 1. The lowest BCUT2D eigenvalue weighted by Crippen LogP contribution is -2.26. The number of aromatic nitrogens is 1. The third-order valence-corrected chi connectivity index (χ3v) is 6.50. The van der Waals surface area contributed by atoms with Gasteiger partial charge in [0, 0.05) is 10.6 Å². The van der Waals surface area contributed by atoms with Gasteiger partial charge < -0.3 is 4.90 Å². The summed E-state index contributed by atoms with van der Waals surface area (Å²) >= 11 is 7.75. The van der Waals surface area contributed by atoms with Crippen molar-refractivity contribution in [1.29, 1.82) is 5.26 Å². The molecule has 1 aromatic heterocycles. The predicted molar refractivity (Wildman–Crippen MR) is 121 cm³/mol. The molecule has 2 heterocycles. The highest BCUT2D eigenvalue weighted by molar-refractivity contribution is 7.19. The highest BCUT2D eigenvalue weighted by Gasteiger charge is 2.35. The summed E-state index contributed by atoms with van der Waals surface area (Å²) in [6.07, 6.45) is 0. The molecular formula is C24H14ClN3OS. The molecule has 4 nitrogen and oxygen atoms in total. The number of nitriles is 1. The minimum Gasteiger partial charge on any atom is -0.303 e. The number of carbonyl (C=O) groups excluding carboxylic acids is 1. The summed E-state index contributed by atoms with van der Waals surface area (Å²) in [6, 6.07) is 24.9. The Morgan fingerprint density at radius 1 is 1.03 bits per heavy atom. The normalized spacial score (nSPS) is 14.7. The number of carbonyl (C=O) groups is 1. The molecule has 0 saturated carbocycles. The van der Waals surface area contributed by atoms with Crippen LogP contribution in [0.1, 0.15) is 16.1 Å². The Hall–Kier alpha value is -3.46. The lowest BCUT2D eigenvalue weighted by atomic mass is 10.0. The van der Waals surface area contributed by atoms with Gasteiger partial charge in [0.15, 0.2) is 0 Å². The fourth-order valence-corrected chi connectivity index (χ4v) is 4.83. The molecule has 0 saturated heterocycles. The van der Waals surface area contributed by atoms with Gasteiger partial charge >= 0.3 is 0 Å². The number of fused-ring (bicyclic) bond motifs is 2. The van der Waals surface area contributed by atoms with Crippen LogP contribution in [-0.4, -0.2) is 10.9 Å². The standard InChI is InChI=1S/C24H14ClN3OS/c25-18-9-3-1-7-15(18)14-28-20-11-5-2-8-16(20)22(24(28)29)17(13-26)23-27-19-10-4-6-12-21(19)30-23/h1-12H,14H2/b22-17-. The van der Waals surface area contributed by atoms with Crippen molar-refractivity contribution < 1.29 is 4.79 Å². The van der Waals surface area contributed by atoms with E-state index in [-0.39, 0.29) is 5.91 Å². The molecule has 1 amide bonds. The summed E-state index contributed by atoms with van der Waals surface area (Å²) in [5, 5.41) is 11.2. The first kappa shape index (κ1) is 18.6. The number of allylic oxidation sites excluding steroid dienone is 1. The molecule has 1 aliphatic rings. The zero-order valence-corrected chi connectivity index (χ0v) is 17.2. The van der Waals surface area contributed by atoms with Gasteiger partial charge in [-0.2, -0.15) is 5.26 Å². The molecule has 30 heavy (non-hydrogen) atoms. The number of hydrogen-bond donors (Lipinski definition) is 0. The second-order valence-corrected chi connectivity index (χ2v) is 8.29. The molecule has 144 valence electrons. The van der Waals surface area contributed by atoms with Gasteiger partial charge in [0.2, 0.25) is 0 Å². The topological polar surface area (TPSA) is 57.0 Å². The summed E-state index contributed by atoms with van der Waals surface area (Å²) in [5.41, 5.74) is 3.87. The van der Waals surface area contributed by atoms with E-state index in [1.54, 1.807) is 4.90 Å². The fraction of sp³-hybridized carbons (Fsp3) is 0.0417. The number of anilines is 1. The fourth-order valence-electron chi connectivity index (χ4n) is 3.67. The Kier molecular flexibility index (Phi) is 4.59.